The Morgan fingerprint density at radius 1 is 1.14 bits per heavy atom. The number of anilines is 4. The summed E-state index contributed by atoms with van der Waals surface area (Å²) in [5.41, 5.74) is 2.40. The van der Waals surface area contributed by atoms with Gasteiger partial charge in [-0.15, -0.1) is 5.10 Å². The first kappa shape index (κ1) is 27.6. The van der Waals surface area contributed by atoms with Crippen LogP contribution in [0.25, 0.3) is 5.65 Å². The summed E-state index contributed by atoms with van der Waals surface area (Å²) in [5, 5.41) is 33.7. The number of aromatic nitrogens is 4. The van der Waals surface area contributed by atoms with Gasteiger partial charge in [-0.3, -0.25) is 9.69 Å². The fraction of sp³-hybridized carbons (Fsp3) is 0.500. The summed E-state index contributed by atoms with van der Waals surface area (Å²) in [7, 11) is 0. The van der Waals surface area contributed by atoms with Crippen molar-refractivity contribution >= 4 is 46.3 Å². The molecular formula is C28H30ClFN12O. The molecule has 3 aliphatic heterocycles. The van der Waals surface area contributed by atoms with Gasteiger partial charge in [0.05, 0.1) is 40.3 Å². The molecule has 0 spiro atoms. The molecule has 0 bridgehead atoms. The molecule has 15 heteroatoms. The summed E-state index contributed by atoms with van der Waals surface area (Å²) in [6.45, 7) is 4.51. The van der Waals surface area contributed by atoms with Crippen molar-refractivity contribution in [3.63, 3.8) is 0 Å². The molecule has 13 nitrogen and oxygen atoms in total. The fourth-order valence-corrected chi connectivity index (χ4v) is 6.21. The minimum atomic E-state index is -0.952. The van der Waals surface area contributed by atoms with Crippen molar-refractivity contribution in [1.82, 2.24) is 34.7 Å². The highest BCUT2D eigenvalue weighted by Gasteiger charge is 2.40. The molecule has 3 N–H and O–H groups in total. The van der Waals surface area contributed by atoms with Crippen molar-refractivity contribution in [3.05, 3.63) is 34.6 Å². The number of halogens is 2. The molecule has 43 heavy (non-hydrogen) atoms. The van der Waals surface area contributed by atoms with Crippen molar-refractivity contribution < 1.29 is 9.18 Å². The number of likely N-dealkylation sites (tertiary alicyclic amines) is 1. The maximum atomic E-state index is 13.5. The van der Waals surface area contributed by atoms with E-state index in [1.165, 1.54) is 10.7 Å². The molecule has 222 valence electrons. The van der Waals surface area contributed by atoms with E-state index < -0.39 is 12.2 Å². The number of imidazole rings is 1. The highest BCUT2D eigenvalue weighted by Crippen LogP contribution is 2.37. The smallest absolute Gasteiger partial charge is 0.247 e. The average Bonchev–Trinajstić information content (AvgIpc) is 3.53. The van der Waals surface area contributed by atoms with Gasteiger partial charge in [0.25, 0.3) is 0 Å². The van der Waals surface area contributed by atoms with E-state index in [4.69, 9.17) is 11.6 Å². The number of nitrogens with zero attached hydrogens (tertiary/aromatic N) is 9. The van der Waals surface area contributed by atoms with Crippen LogP contribution in [-0.4, -0.2) is 105 Å². The van der Waals surface area contributed by atoms with Gasteiger partial charge in [0, 0.05) is 64.3 Å². The van der Waals surface area contributed by atoms with Gasteiger partial charge in [-0.05, 0) is 25.0 Å². The summed E-state index contributed by atoms with van der Waals surface area (Å²) >= 11 is 6.93. The average molecular weight is 605 g/mol. The second-order valence-corrected chi connectivity index (χ2v) is 11.9. The van der Waals surface area contributed by atoms with Crippen LogP contribution in [0.2, 0.25) is 5.02 Å². The summed E-state index contributed by atoms with van der Waals surface area (Å²) < 4.78 is 14.9. The number of carbonyl (C=O) groups is 1. The second-order valence-electron chi connectivity index (χ2n) is 11.5. The lowest BCUT2D eigenvalue weighted by Gasteiger charge is -2.49. The minimum absolute atomic E-state index is 0.00868. The van der Waals surface area contributed by atoms with Crippen LogP contribution in [0.1, 0.15) is 30.5 Å². The van der Waals surface area contributed by atoms with E-state index in [9.17, 15) is 19.7 Å². The number of piperazine rings is 1. The first-order valence-corrected chi connectivity index (χ1v) is 14.9. The largest absolute Gasteiger partial charge is 0.368 e. The first-order chi connectivity index (χ1) is 20.9. The standard InChI is InChI=1S/C28H30ClFN12O/c29-24-21(36-28-37-25(35-18-1-2-18)26-34-13-19(11-32)42(26)38-28)7-16(10-31)8-23(24)40-5-3-39(4-6-40)20-14-41(15-20)27(43)22-9-17(30)12-33-22/h7-8,13,17-18,20,22,33H,1-6,9,12,14-15H2,(H2,35,36,37,38)/t17-,22-/m0/s1. The van der Waals surface area contributed by atoms with Crippen LogP contribution in [0.15, 0.2) is 18.3 Å². The Morgan fingerprint density at radius 3 is 2.60 bits per heavy atom. The molecule has 5 heterocycles. The van der Waals surface area contributed by atoms with E-state index in [1.54, 1.807) is 12.1 Å². The third-order valence-electron chi connectivity index (χ3n) is 8.54. The Morgan fingerprint density at radius 2 is 1.93 bits per heavy atom. The molecule has 0 unspecified atom stereocenters. The normalized spacial score (nSPS) is 22.7. The van der Waals surface area contributed by atoms with E-state index in [-0.39, 0.29) is 36.6 Å². The molecule has 3 saturated heterocycles. The molecule has 3 aromatic rings. The minimum Gasteiger partial charge on any atom is -0.368 e. The van der Waals surface area contributed by atoms with Crippen molar-refractivity contribution in [2.24, 2.45) is 0 Å². The Kier molecular flexibility index (Phi) is 7.13. The Hall–Kier alpha value is -4.24. The molecule has 2 aromatic heterocycles. The van der Waals surface area contributed by atoms with Crippen molar-refractivity contribution in [2.45, 2.75) is 43.6 Å². The van der Waals surface area contributed by atoms with Crippen molar-refractivity contribution in [3.8, 4) is 12.1 Å². The van der Waals surface area contributed by atoms with Crippen LogP contribution in [0, 0.1) is 22.7 Å². The first-order valence-electron chi connectivity index (χ1n) is 14.5. The Labute approximate surface area is 252 Å². The molecule has 1 aromatic carbocycles. The molecule has 4 fully saturated rings. The van der Waals surface area contributed by atoms with E-state index >= 15 is 0 Å². The highest BCUT2D eigenvalue weighted by atomic mass is 35.5. The summed E-state index contributed by atoms with van der Waals surface area (Å²) in [5.74, 6) is 0.732. The van der Waals surface area contributed by atoms with Crippen molar-refractivity contribution in [2.75, 3.05) is 61.3 Å². The lowest BCUT2D eigenvalue weighted by molar-refractivity contribution is -0.140. The van der Waals surface area contributed by atoms with E-state index in [1.807, 2.05) is 4.90 Å². The summed E-state index contributed by atoms with van der Waals surface area (Å²) in [6.07, 6.45) is 2.83. The van der Waals surface area contributed by atoms with Gasteiger partial charge in [-0.2, -0.15) is 20.0 Å². The zero-order chi connectivity index (χ0) is 29.7. The molecule has 7 rings (SSSR count). The van der Waals surface area contributed by atoms with Crippen LogP contribution in [0.3, 0.4) is 0 Å². The molecule has 2 atom stereocenters. The van der Waals surface area contributed by atoms with Gasteiger partial charge in [-0.25, -0.2) is 9.37 Å². The molecular weight excluding hydrogens is 575 g/mol. The number of hydrogen-bond donors (Lipinski definition) is 3. The molecule has 4 aliphatic rings. The van der Waals surface area contributed by atoms with Crippen molar-refractivity contribution in [1.29, 1.82) is 10.5 Å². The number of nitriles is 2. The summed E-state index contributed by atoms with van der Waals surface area (Å²) in [6, 6.07) is 7.94. The van der Waals surface area contributed by atoms with Gasteiger partial charge in [0.15, 0.2) is 17.2 Å². The number of benzene rings is 1. The van der Waals surface area contributed by atoms with Gasteiger partial charge < -0.3 is 25.8 Å². The maximum absolute atomic E-state index is 13.5. The van der Waals surface area contributed by atoms with Crippen LogP contribution in [-0.2, 0) is 4.79 Å². The van der Waals surface area contributed by atoms with E-state index in [0.29, 0.717) is 60.0 Å². The van der Waals surface area contributed by atoms with Crippen LogP contribution < -0.4 is 20.9 Å². The number of alkyl halides is 1. The second kappa shape index (κ2) is 11.1. The third kappa shape index (κ3) is 5.38. The number of amides is 1. The Balaban J connectivity index is 1.05. The topological polar surface area (TPSA) is 154 Å². The quantitative estimate of drug-likeness (QED) is 0.362. The van der Waals surface area contributed by atoms with Crippen LogP contribution in [0.5, 0.6) is 0 Å². The highest BCUT2D eigenvalue weighted by molar-refractivity contribution is 6.36. The molecule has 1 aliphatic carbocycles. The predicted octanol–water partition coefficient (Wildman–Crippen LogP) is 1.87. The monoisotopic (exact) mass is 604 g/mol. The number of hydrogen-bond acceptors (Lipinski definition) is 11. The number of carbonyl (C=O) groups excluding carboxylic acids is 1. The zero-order valence-corrected chi connectivity index (χ0v) is 24.1. The van der Waals surface area contributed by atoms with Gasteiger partial charge in [0.1, 0.15) is 12.2 Å². The lowest BCUT2D eigenvalue weighted by atomic mass is 10.0. The fourth-order valence-electron chi connectivity index (χ4n) is 5.94. The third-order valence-corrected chi connectivity index (χ3v) is 8.94. The summed E-state index contributed by atoms with van der Waals surface area (Å²) in [4.78, 5) is 27.9. The van der Waals surface area contributed by atoms with Gasteiger partial charge >= 0.3 is 0 Å². The van der Waals surface area contributed by atoms with Gasteiger partial charge in [0.2, 0.25) is 11.9 Å². The lowest BCUT2D eigenvalue weighted by Crippen LogP contribution is -2.66. The Bertz CT molecular complexity index is 1650. The maximum Gasteiger partial charge on any atom is 0.247 e. The van der Waals surface area contributed by atoms with Gasteiger partial charge in [-0.1, -0.05) is 11.6 Å². The zero-order valence-electron chi connectivity index (χ0n) is 23.3. The number of fused-ring (bicyclic) bond motifs is 1. The van der Waals surface area contributed by atoms with Crippen LogP contribution >= 0.6 is 11.6 Å². The molecule has 1 saturated carbocycles. The molecule has 0 radical (unpaired) electrons. The number of nitrogens with one attached hydrogen (secondary N) is 3. The predicted molar refractivity (Wildman–Crippen MR) is 157 cm³/mol. The molecule has 1 amide bonds. The number of rotatable bonds is 7. The van der Waals surface area contributed by atoms with Crippen LogP contribution in [0.4, 0.5) is 27.5 Å². The SMILES string of the molecule is N#Cc1cc(Nc2nc(NC3CC3)c3ncc(C#N)n3n2)c(Cl)c(N2CCN(C3CN(C(=O)[C@@H]4C[C@H](F)CN4)C3)CC2)c1. The van der Waals surface area contributed by atoms with E-state index in [0.717, 1.165) is 31.6 Å². The van der Waals surface area contributed by atoms with E-state index in [2.05, 4.69) is 53.0 Å².